The largest absolute Gasteiger partial charge is 0.432 e. The van der Waals surface area contributed by atoms with Crippen LogP contribution in [0.15, 0.2) is 11.0 Å². The molecule has 15 heavy (non-hydrogen) atoms. The van der Waals surface area contributed by atoms with Crippen molar-refractivity contribution in [1.29, 1.82) is 0 Å². The second kappa shape index (κ2) is 4.06. The maximum Gasteiger partial charge on any atom is 0.432 e. The van der Waals surface area contributed by atoms with Gasteiger partial charge in [0.1, 0.15) is 5.69 Å². The van der Waals surface area contributed by atoms with Gasteiger partial charge in [-0.15, -0.1) is 0 Å². The third-order valence-corrected chi connectivity index (χ3v) is 2.60. The molecule has 1 aromatic heterocycles. The summed E-state index contributed by atoms with van der Waals surface area (Å²) in [6.45, 7) is 0. The van der Waals surface area contributed by atoms with Gasteiger partial charge in [-0.05, 0) is 22.6 Å². The predicted octanol–water partition coefficient (Wildman–Crippen LogP) is 2.94. The molecule has 0 atom stereocenters. The van der Waals surface area contributed by atoms with Crippen molar-refractivity contribution in [2.45, 2.75) is 12.6 Å². The molecule has 0 aliphatic rings. The number of nitrogens with one attached hydrogen (secondary N) is 1. The molecule has 0 saturated heterocycles. The second-order valence-electron chi connectivity index (χ2n) is 2.56. The van der Waals surface area contributed by atoms with E-state index in [-0.39, 0.29) is 0 Å². The van der Waals surface area contributed by atoms with Crippen molar-refractivity contribution in [1.82, 2.24) is 4.98 Å². The van der Waals surface area contributed by atoms with Gasteiger partial charge in [0.25, 0.3) is 6.43 Å². The molecular formula is C7H3F5INO. The molecule has 0 spiro atoms. The molecule has 8 heteroatoms. The van der Waals surface area contributed by atoms with Crippen LogP contribution in [0.25, 0.3) is 0 Å². The standard InChI is InChI=1S/C7H3F5INO/c8-6(9)2-1-14-5(7(10,11)12)3(13)4(2)15/h1,6H,(H,14,15). The normalized spacial score (nSPS) is 12.2. The minimum absolute atomic E-state index is 0.387. The number of hydrogen-bond donors (Lipinski definition) is 1. The highest BCUT2D eigenvalue weighted by Crippen LogP contribution is 2.30. The first kappa shape index (κ1) is 12.4. The van der Waals surface area contributed by atoms with Gasteiger partial charge in [0, 0.05) is 6.20 Å². The molecule has 0 saturated carbocycles. The molecule has 1 N–H and O–H groups in total. The Morgan fingerprint density at radius 3 is 2.27 bits per heavy atom. The van der Waals surface area contributed by atoms with Crippen LogP contribution < -0.4 is 5.43 Å². The van der Waals surface area contributed by atoms with E-state index in [1.165, 1.54) is 0 Å². The van der Waals surface area contributed by atoms with Gasteiger partial charge in [-0.25, -0.2) is 8.78 Å². The van der Waals surface area contributed by atoms with Crippen molar-refractivity contribution in [3.63, 3.8) is 0 Å². The van der Waals surface area contributed by atoms with Crippen LogP contribution in [0.3, 0.4) is 0 Å². The molecule has 0 unspecified atom stereocenters. The zero-order valence-electron chi connectivity index (χ0n) is 6.83. The third-order valence-electron chi connectivity index (χ3n) is 1.57. The van der Waals surface area contributed by atoms with E-state index in [1.807, 2.05) is 0 Å². The van der Waals surface area contributed by atoms with Gasteiger partial charge in [-0.2, -0.15) is 13.2 Å². The molecular weight excluding hydrogens is 336 g/mol. The van der Waals surface area contributed by atoms with Gasteiger partial charge < -0.3 is 4.98 Å². The Balaban J connectivity index is 3.42. The highest BCUT2D eigenvalue weighted by atomic mass is 127. The molecule has 0 amide bonds. The third kappa shape index (κ3) is 2.47. The Bertz CT molecular complexity index is 424. The predicted molar refractivity (Wildman–Crippen MR) is 49.7 cm³/mol. The first-order chi connectivity index (χ1) is 6.75. The molecule has 2 nitrogen and oxygen atoms in total. The topological polar surface area (TPSA) is 32.9 Å². The zero-order valence-corrected chi connectivity index (χ0v) is 8.99. The summed E-state index contributed by atoms with van der Waals surface area (Å²) in [7, 11) is 0. The van der Waals surface area contributed by atoms with Crippen LogP contribution in [0.2, 0.25) is 0 Å². The first-order valence-electron chi connectivity index (χ1n) is 3.51. The van der Waals surface area contributed by atoms with E-state index < -0.39 is 32.9 Å². The molecule has 0 fully saturated rings. The maximum atomic E-state index is 12.2. The summed E-state index contributed by atoms with van der Waals surface area (Å²) in [5.74, 6) is 0. The summed E-state index contributed by atoms with van der Waals surface area (Å²) < 4.78 is 60.1. The monoisotopic (exact) mass is 339 g/mol. The molecule has 84 valence electrons. The quantitative estimate of drug-likeness (QED) is 0.619. The Labute approximate surface area is 93.6 Å². The van der Waals surface area contributed by atoms with E-state index in [4.69, 9.17) is 0 Å². The SMILES string of the molecule is O=c1c(C(F)F)c[nH]c(C(F)(F)F)c1I. The average Bonchev–Trinajstić information content (AvgIpc) is 2.06. The minimum atomic E-state index is -4.75. The lowest BCUT2D eigenvalue weighted by Gasteiger charge is -2.09. The molecule has 0 radical (unpaired) electrons. The number of hydrogen-bond acceptors (Lipinski definition) is 1. The Kier molecular flexibility index (Phi) is 3.36. The zero-order chi connectivity index (χ0) is 11.8. The first-order valence-corrected chi connectivity index (χ1v) is 4.59. The van der Waals surface area contributed by atoms with Crippen LogP contribution in [-0.2, 0) is 6.18 Å². The fourth-order valence-corrected chi connectivity index (χ4v) is 1.66. The Morgan fingerprint density at radius 2 is 1.87 bits per heavy atom. The summed E-state index contributed by atoms with van der Waals surface area (Å²) in [5, 5.41) is 0. The molecule has 0 bridgehead atoms. The van der Waals surface area contributed by atoms with E-state index in [0.717, 1.165) is 22.6 Å². The molecule has 0 aromatic carbocycles. The summed E-state index contributed by atoms with van der Waals surface area (Å²) in [6, 6.07) is 0. The van der Waals surface area contributed by atoms with Crippen molar-refractivity contribution in [3.05, 3.63) is 31.2 Å². The number of aromatic amines is 1. The van der Waals surface area contributed by atoms with Crippen molar-refractivity contribution < 1.29 is 22.0 Å². The van der Waals surface area contributed by atoms with Gasteiger partial charge in [0.2, 0.25) is 5.43 Å². The van der Waals surface area contributed by atoms with Crippen molar-refractivity contribution in [2.75, 3.05) is 0 Å². The number of rotatable bonds is 1. The molecule has 1 heterocycles. The fourth-order valence-electron chi connectivity index (χ4n) is 0.887. The van der Waals surface area contributed by atoms with Crippen LogP contribution in [0, 0.1) is 3.57 Å². The summed E-state index contributed by atoms with van der Waals surface area (Å²) in [4.78, 5) is 12.7. The number of H-pyrrole nitrogens is 1. The molecule has 0 aliphatic heterocycles. The van der Waals surface area contributed by atoms with Gasteiger partial charge in [0.05, 0.1) is 9.13 Å². The van der Waals surface area contributed by atoms with E-state index in [1.54, 1.807) is 4.98 Å². The highest BCUT2D eigenvalue weighted by molar-refractivity contribution is 14.1. The van der Waals surface area contributed by atoms with E-state index >= 15 is 0 Å². The van der Waals surface area contributed by atoms with E-state index in [9.17, 15) is 26.7 Å². The highest BCUT2D eigenvalue weighted by Gasteiger charge is 2.35. The van der Waals surface area contributed by atoms with E-state index in [2.05, 4.69) is 0 Å². The van der Waals surface area contributed by atoms with Gasteiger partial charge in [0.15, 0.2) is 0 Å². The molecule has 1 aromatic rings. The van der Waals surface area contributed by atoms with Crippen molar-refractivity contribution >= 4 is 22.6 Å². The summed E-state index contributed by atoms with van der Waals surface area (Å²) in [5.41, 5.74) is -3.57. The number of alkyl halides is 5. The van der Waals surface area contributed by atoms with Gasteiger partial charge >= 0.3 is 6.18 Å². The lowest BCUT2D eigenvalue weighted by atomic mass is 10.2. The smallest absolute Gasteiger partial charge is 0.356 e. The lowest BCUT2D eigenvalue weighted by molar-refractivity contribution is -0.142. The summed E-state index contributed by atoms with van der Waals surface area (Å²) in [6.07, 6.45) is -7.46. The van der Waals surface area contributed by atoms with Crippen molar-refractivity contribution in [3.8, 4) is 0 Å². The Hall–Kier alpha value is -0.670. The van der Waals surface area contributed by atoms with Crippen LogP contribution >= 0.6 is 22.6 Å². The second-order valence-corrected chi connectivity index (χ2v) is 3.64. The van der Waals surface area contributed by atoms with Crippen LogP contribution in [-0.4, -0.2) is 4.98 Å². The minimum Gasteiger partial charge on any atom is -0.356 e. The van der Waals surface area contributed by atoms with Crippen LogP contribution in [0.5, 0.6) is 0 Å². The van der Waals surface area contributed by atoms with E-state index in [0.29, 0.717) is 6.20 Å². The average molecular weight is 339 g/mol. The van der Waals surface area contributed by atoms with Gasteiger partial charge in [-0.3, -0.25) is 4.79 Å². The number of halogens is 6. The van der Waals surface area contributed by atoms with Crippen molar-refractivity contribution in [2.24, 2.45) is 0 Å². The van der Waals surface area contributed by atoms with Gasteiger partial charge in [-0.1, -0.05) is 0 Å². The molecule has 1 rings (SSSR count). The lowest BCUT2D eigenvalue weighted by Crippen LogP contribution is -2.21. The van der Waals surface area contributed by atoms with Crippen LogP contribution in [0.1, 0.15) is 17.7 Å². The van der Waals surface area contributed by atoms with Crippen LogP contribution in [0.4, 0.5) is 22.0 Å². The summed E-state index contributed by atoms with van der Waals surface area (Å²) >= 11 is 1.09. The molecule has 0 aliphatic carbocycles. The Morgan fingerprint density at radius 1 is 1.33 bits per heavy atom. The number of aromatic nitrogens is 1. The number of pyridine rings is 1. The maximum absolute atomic E-state index is 12.2. The fraction of sp³-hybridized carbons (Fsp3) is 0.286.